The average Bonchev–Trinajstić information content (AvgIpc) is 3.35. The number of para-hydroxylation sites is 2. The summed E-state index contributed by atoms with van der Waals surface area (Å²) < 4.78 is 30.6. The highest BCUT2D eigenvalue weighted by atomic mass is 32.2. The number of aromatic nitrogens is 2. The van der Waals surface area contributed by atoms with E-state index < -0.39 is 10.2 Å². The van der Waals surface area contributed by atoms with E-state index in [0.717, 1.165) is 24.2 Å². The van der Waals surface area contributed by atoms with E-state index in [0.29, 0.717) is 16.9 Å². The largest absolute Gasteiger partial charge is 0.350 e. The quantitative estimate of drug-likeness (QED) is 0.840. The minimum Gasteiger partial charge on any atom is -0.350 e. The Morgan fingerprint density at radius 3 is 2.48 bits per heavy atom. The van der Waals surface area contributed by atoms with Crippen molar-refractivity contribution in [2.45, 2.75) is 32.7 Å². The molecule has 0 atom stereocenters. The molecule has 2 aromatic rings. The zero-order valence-electron chi connectivity index (χ0n) is 15.6. The van der Waals surface area contributed by atoms with Crippen molar-refractivity contribution in [1.29, 1.82) is 0 Å². The van der Waals surface area contributed by atoms with Gasteiger partial charge in [-0.05, 0) is 38.8 Å². The van der Waals surface area contributed by atoms with Crippen molar-refractivity contribution in [1.82, 2.24) is 15.1 Å². The summed E-state index contributed by atoms with van der Waals surface area (Å²) in [6, 6.07) is 7.39. The third kappa shape index (κ3) is 2.86. The standard InChI is InChI=1S/C18H23N5O3S/c1-12-17(13(2)21(3)20-12)18(24)19-10-11-22-15-6-4-5-7-16(15)23(14-8-9-14)27(22,25)26/h4-7,14H,8-11H2,1-3H3,(H,19,24). The van der Waals surface area contributed by atoms with Crippen LogP contribution in [0.1, 0.15) is 34.6 Å². The first-order chi connectivity index (χ1) is 12.8. The van der Waals surface area contributed by atoms with Gasteiger partial charge in [-0.1, -0.05) is 12.1 Å². The molecule has 1 fully saturated rings. The van der Waals surface area contributed by atoms with Gasteiger partial charge in [-0.3, -0.25) is 9.48 Å². The maximum atomic E-state index is 13.0. The molecular formula is C18H23N5O3S. The first kappa shape index (κ1) is 17.8. The summed E-state index contributed by atoms with van der Waals surface area (Å²) in [5.41, 5.74) is 3.38. The molecule has 1 aliphatic carbocycles. The molecule has 2 aliphatic rings. The molecular weight excluding hydrogens is 366 g/mol. The van der Waals surface area contributed by atoms with Gasteiger partial charge in [0.25, 0.3) is 5.91 Å². The fourth-order valence-electron chi connectivity index (χ4n) is 3.61. The Labute approximate surface area is 158 Å². The molecule has 0 unspecified atom stereocenters. The van der Waals surface area contributed by atoms with Crippen LogP contribution in [0.3, 0.4) is 0 Å². The minimum atomic E-state index is -3.60. The van der Waals surface area contributed by atoms with Gasteiger partial charge < -0.3 is 5.32 Å². The van der Waals surface area contributed by atoms with E-state index in [9.17, 15) is 13.2 Å². The highest BCUT2D eigenvalue weighted by Gasteiger charge is 2.47. The lowest BCUT2D eigenvalue weighted by Gasteiger charge is -2.21. The van der Waals surface area contributed by atoms with Gasteiger partial charge in [-0.25, -0.2) is 8.61 Å². The molecule has 0 radical (unpaired) electrons. The van der Waals surface area contributed by atoms with Crippen molar-refractivity contribution in [3.63, 3.8) is 0 Å². The summed E-state index contributed by atoms with van der Waals surface area (Å²) in [4.78, 5) is 12.5. The number of benzene rings is 1. The average molecular weight is 389 g/mol. The first-order valence-corrected chi connectivity index (χ1v) is 10.4. The van der Waals surface area contributed by atoms with E-state index in [1.165, 1.54) is 8.61 Å². The Balaban J connectivity index is 1.50. The third-order valence-electron chi connectivity index (χ3n) is 5.13. The number of carbonyl (C=O) groups excluding carboxylic acids is 1. The van der Waals surface area contributed by atoms with Crippen LogP contribution in [-0.4, -0.2) is 43.2 Å². The van der Waals surface area contributed by atoms with E-state index in [1.807, 2.05) is 31.2 Å². The van der Waals surface area contributed by atoms with Gasteiger partial charge in [-0.15, -0.1) is 0 Å². The lowest BCUT2D eigenvalue weighted by Crippen LogP contribution is -2.42. The van der Waals surface area contributed by atoms with Gasteiger partial charge in [0.2, 0.25) is 0 Å². The summed E-state index contributed by atoms with van der Waals surface area (Å²) >= 11 is 0. The molecule has 4 rings (SSSR count). The van der Waals surface area contributed by atoms with Crippen LogP contribution in [-0.2, 0) is 17.3 Å². The number of fused-ring (bicyclic) bond motifs is 1. The molecule has 1 aliphatic heterocycles. The molecule has 1 saturated carbocycles. The van der Waals surface area contributed by atoms with Crippen molar-refractivity contribution in [3.8, 4) is 0 Å². The number of anilines is 2. The van der Waals surface area contributed by atoms with Crippen LogP contribution in [0.25, 0.3) is 0 Å². The number of amides is 1. The first-order valence-electron chi connectivity index (χ1n) is 9.02. The van der Waals surface area contributed by atoms with Crippen molar-refractivity contribution in [3.05, 3.63) is 41.2 Å². The molecule has 0 bridgehead atoms. The molecule has 8 nitrogen and oxygen atoms in total. The fourth-order valence-corrected chi connectivity index (χ4v) is 5.54. The minimum absolute atomic E-state index is 0.0523. The maximum Gasteiger partial charge on any atom is 0.326 e. The topological polar surface area (TPSA) is 87.5 Å². The van der Waals surface area contributed by atoms with Crippen LogP contribution >= 0.6 is 0 Å². The molecule has 9 heteroatoms. The number of hydrogen-bond acceptors (Lipinski definition) is 4. The van der Waals surface area contributed by atoms with Gasteiger partial charge in [0.05, 0.1) is 29.2 Å². The number of carbonyl (C=O) groups is 1. The monoisotopic (exact) mass is 389 g/mol. The smallest absolute Gasteiger partial charge is 0.326 e. The highest BCUT2D eigenvalue weighted by molar-refractivity contribution is 7.94. The summed E-state index contributed by atoms with van der Waals surface area (Å²) in [7, 11) is -1.81. The Morgan fingerprint density at radius 1 is 1.22 bits per heavy atom. The van der Waals surface area contributed by atoms with Gasteiger partial charge >= 0.3 is 10.2 Å². The Kier molecular flexibility index (Phi) is 4.14. The number of hydrogen-bond donors (Lipinski definition) is 1. The van der Waals surface area contributed by atoms with Gasteiger partial charge in [0.1, 0.15) is 0 Å². The molecule has 0 spiro atoms. The highest BCUT2D eigenvalue weighted by Crippen LogP contribution is 2.46. The van der Waals surface area contributed by atoms with Crippen LogP contribution in [0.15, 0.2) is 24.3 Å². The Bertz CT molecular complexity index is 1010. The predicted molar refractivity (Wildman–Crippen MR) is 103 cm³/mol. The van der Waals surface area contributed by atoms with E-state index in [4.69, 9.17) is 0 Å². The molecule has 144 valence electrons. The summed E-state index contributed by atoms with van der Waals surface area (Å²) in [6.07, 6.45) is 1.77. The second kappa shape index (κ2) is 6.26. The lowest BCUT2D eigenvalue weighted by atomic mass is 10.2. The predicted octanol–water partition coefficient (Wildman–Crippen LogP) is 1.50. The van der Waals surface area contributed by atoms with Crippen LogP contribution < -0.4 is 13.9 Å². The lowest BCUT2D eigenvalue weighted by molar-refractivity contribution is 0.0953. The number of rotatable bonds is 5. The van der Waals surface area contributed by atoms with Gasteiger partial charge in [-0.2, -0.15) is 13.5 Å². The Hall–Kier alpha value is -2.55. The molecule has 1 amide bonds. The zero-order valence-corrected chi connectivity index (χ0v) is 16.5. The second-order valence-corrected chi connectivity index (χ2v) is 8.75. The number of nitrogens with one attached hydrogen (secondary N) is 1. The van der Waals surface area contributed by atoms with Crippen LogP contribution in [0.2, 0.25) is 0 Å². The molecule has 2 heterocycles. The van der Waals surface area contributed by atoms with E-state index in [-0.39, 0.29) is 25.0 Å². The molecule has 1 N–H and O–H groups in total. The molecule has 0 saturated heterocycles. The SMILES string of the molecule is Cc1nn(C)c(C)c1C(=O)NCCN1c2ccccc2N(C2CC2)S1(=O)=O. The van der Waals surface area contributed by atoms with E-state index in [2.05, 4.69) is 10.4 Å². The molecule has 1 aromatic carbocycles. The molecule has 1 aromatic heterocycles. The summed E-state index contributed by atoms with van der Waals surface area (Å²) in [6.45, 7) is 4.03. The van der Waals surface area contributed by atoms with Crippen LogP contribution in [0, 0.1) is 13.8 Å². The fraction of sp³-hybridized carbons (Fsp3) is 0.444. The number of nitrogens with zero attached hydrogens (tertiary/aromatic N) is 4. The van der Waals surface area contributed by atoms with Gasteiger partial charge in [0, 0.05) is 25.3 Å². The normalized spacial score (nSPS) is 17.9. The van der Waals surface area contributed by atoms with Crippen molar-refractivity contribution in [2.24, 2.45) is 7.05 Å². The summed E-state index contributed by atoms with van der Waals surface area (Å²) in [5, 5.41) is 7.08. The van der Waals surface area contributed by atoms with E-state index in [1.54, 1.807) is 18.7 Å². The van der Waals surface area contributed by atoms with Crippen molar-refractivity contribution >= 4 is 27.5 Å². The van der Waals surface area contributed by atoms with Crippen LogP contribution in [0.5, 0.6) is 0 Å². The maximum absolute atomic E-state index is 13.0. The van der Waals surface area contributed by atoms with Gasteiger partial charge in [0.15, 0.2) is 0 Å². The zero-order chi connectivity index (χ0) is 19.3. The van der Waals surface area contributed by atoms with Crippen molar-refractivity contribution < 1.29 is 13.2 Å². The second-order valence-electron chi connectivity index (χ2n) is 7.02. The third-order valence-corrected chi connectivity index (χ3v) is 7.06. The van der Waals surface area contributed by atoms with E-state index >= 15 is 0 Å². The molecule has 27 heavy (non-hydrogen) atoms. The summed E-state index contributed by atoms with van der Waals surface area (Å²) in [5.74, 6) is -0.234. The van der Waals surface area contributed by atoms with Crippen molar-refractivity contribution in [2.75, 3.05) is 21.7 Å². The number of aryl methyl sites for hydroxylation is 2. The van der Waals surface area contributed by atoms with Crippen LogP contribution in [0.4, 0.5) is 11.4 Å². The Morgan fingerprint density at radius 2 is 1.89 bits per heavy atom.